The van der Waals surface area contributed by atoms with Gasteiger partial charge >= 0.3 is 0 Å². The number of ether oxygens (including phenoxy) is 1. The van der Waals surface area contributed by atoms with Crippen LogP contribution in [-0.4, -0.2) is 75.2 Å². The summed E-state index contributed by atoms with van der Waals surface area (Å²) in [5.74, 6) is 1.07. The number of halogens is 2. The van der Waals surface area contributed by atoms with Crippen molar-refractivity contribution >= 4 is 30.7 Å². The largest absolute Gasteiger partial charge is 0.381 e. The Kier molecular flexibility index (Phi) is 10.6. The molecular formula is C14H29Cl2N3O2. The lowest BCUT2D eigenvalue weighted by atomic mass is 10.1. The second-order valence-corrected chi connectivity index (χ2v) is 5.81. The molecule has 2 saturated heterocycles. The number of amides is 1. The molecule has 2 aliphatic rings. The maximum Gasteiger partial charge on any atom is 0.226 e. The van der Waals surface area contributed by atoms with Gasteiger partial charge in [-0.1, -0.05) is 6.92 Å². The summed E-state index contributed by atoms with van der Waals surface area (Å²) in [6, 6.07) is 0. The highest BCUT2D eigenvalue weighted by molar-refractivity contribution is 5.85. The van der Waals surface area contributed by atoms with E-state index in [0.29, 0.717) is 5.92 Å². The van der Waals surface area contributed by atoms with Crippen molar-refractivity contribution in [1.82, 2.24) is 15.1 Å². The SMILES string of the molecule is CNCC(C)C(=O)N1CCN(CC2CCOC2)CC1.Cl.Cl. The van der Waals surface area contributed by atoms with E-state index in [9.17, 15) is 4.79 Å². The fourth-order valence-corrected chi connectivity index (χ4v) is 2.95. The normalized spacial score (nSPS) is 24.1. The second kappa shape index (κ2) is 10.6. The van der Waals surface area contributed by atoms with Gasteiger partial charge in [-0.15, -0.1) is 24.8 Å². The summed E-state index contributed by atoms with van der Waals surface area (Å²) in [7, 11) is 1.89. The Labute approximate surface area is 140 Å². The molecule has 0 spiro atoms. The first-order chi connectivity index (χ1) is 9.20. The molecular weight excluding hydrogens is 313 g/mol. The molecule has 1 amide bonds. The molecule has 2 rings (SSSR count). The Hall–Kier alpha value is -0.0700. The Morgan fingerprint density at radius 3 is 2.48 bits per heavy atom. The third kappa shape index (κ3) is 6.28. The molecule has 7 heteroatoms. The van der Waals surface area contributed by atoms with Gasteiger partial charge in [-0.25, -0.2) is 0 Å². The molecule has 0 aromatic heterocycles. The van der Waals surface area contributed by atoms with Gasteiger partial charge in [0.1, 0.15) is 0 Å². The minimum Gasteiger partial charge on any atom is -0.381 e. The monoisotopic (exact) mass is 341 g/mol. The minimum atomic E-state index is 0. The van der Waals surface area contributed by atoms with Gasteiger partial charge in [-0.05, 0) is 19.4 Å². The molecule has 0 bridgehead atoms. The number of carbonyl (C=O) groups excluding carboxylic acids is 1. The molecule has 0 aliphatic carbocycles. The van der Waals surface area contributed by atoms with Gasteiger partial charge in [0.05, 0.1) is 6.61 Å². The predicted octanol–water partition coefficient (Wildman–Crippen LogP) is 0.866. The van der Waals surface area contributed by atoms with Crippen molar-refractivity contribution in [1.29, 1.82) is 0 Å². The third-order valence-electron chi connectivity index (χ3n) is 4.16. The summed E-state index contributed by atoms with van der Waals surface area (Å²) in [6.07, 6.45) is 1.19. The average Bonchev–Trinajstić information content (AvgIpc) is 2.92. The summed E-state index contributed by atoms with van der Waals surface area (Å²) in [5, 5.41) is 3.07. The van der Waals surface area contributed by atoms with E-state index in [0.717, 1.165) is 52.5 Å². The van der Waals surface area contributed by atoms with Crippen molar-refractivity contribution in [3.63, 3.8) is 0 Å². The smallest absolute Gasteiger partial charge is 0.226 e. The van der Waals surface area contributed by atoms with Crippen LogP contribution in [0.25, 0.3) is 0 Å². The Morgan fingerprint density at radius 1 is 1.29 bits per heavy atom. The zero-order valence-corrected chi connectivity index (χ0v) is 14.7. The maximum absolute atomic E-state index is 12.2. The molecule has 2 aliphatic heterocycles. The first-order valence-electron chi connectivity index (χ1n) is 7.44. The lowest BCUT2D eigenvalue weighted by Crippen LogP contribution is -2.51. The highest BCUT2D eigenvalue weighted by Crippen LogP contribution is 2.15. The van der Waals surface area contributed by atoms with Crippen LogP contribution >= 0.6 is 24.8 Å². The van der Waals surface area contributed by atoms with E-state index in [4.69, 9.17) is 4.74 Å². The first kappa shape index (κ1) is 20.9. The van der Waals surface area contributed by atoms with Crippen molar-refractivity contribution in [3.8, 4) is 0 Å². The molecule has 0 aromatic carbocycles. The van der Waals surface area contributed by atoms with Crippen LogP contribution in [0.1, 0.15) is 13.3 Å². The minimum absolute atomic E-state index is 0. The number of nitrogens with one attached hydrogen (secondary N) is 1. The standard InChI is InChI=1S/C14H27N3O2.2ClH/c1-12(9-15-2)14(18)17-6-4-16(5-7-17)10-13-3-8-19-11-13;;/h12-13,15H,3-11H2,1-2H3;2*1H. The van der Waals surface area contributed by atoms with Gasteiger partial charge in [0.25, 0.3) is 0 Å². The molecule has 2 fully saturated rings. The maximum atomic E-state index is 12.2. The lowest BCUT2D eigenvalue weighted by molar-refractivity contribution is -0.136. The van der Waals surface area contributed by atoms with E-state index in [1.54, 1.807) is 0 Å². The van der Waals surface area contributed by atoms with Crippen LogP contribution in [0.5, 0.6) is 0 Å². The van der Waals surface area contributed by atoms with Crippen molar-refractivity contribution in [2.45, 2.75) is 13.3 Å². The van der Waals surface area contributed by atoms with Crippen molar-refractivity contribution < 1.29 is 9.53 Å². The molecule has 1 N–H and O–H groups in total. The molecule has 21 heavy (non-hydrogen) atoms. The quantitative estimate of drug-likeness (QED) is 0.805. The van der Waals surface area contributed by atoms with E-state index in [1.165, 1.54) is 6.42 Å². The van der Waals surface area contributed by atoms with Gasteiger partial charge in [0, 0.05) is 51.8 Å². The van der Waals surface area contributed by atoms with E-state index >= 15 is 0 Å². The second-order valence-electron chi connectivity index (χ2n) is 5.81. The highest BCUT2D eigenvalue weighted by atomic mass is 35.5. The number of hydrogen-bond acceptors (Lipinski definition) is 4. The van der Waals surface area contributed by atoms with Crippen LogP contribution in [0, 0.1) is 11.8 Å². The molecule has 0 aromatic rings. The summed E-state index contributed by atoms with van der Waals surface area (Å²) in [5.41, 5.74) is 0. The summed E-state index contributed by atoms with van der Waals surface area (Å²) >= 11 is 0. The van der Waals surface area contributed by atoms with Crippen LogP contribution in [0.4, 0.5) is 0 Å². The third-order valence-corrected chi connectivity index (χ3v) is 4.16. The fraction of sp³-hybridized carbons (Fsp3) is 0.929. The lowest BCUT2D eigenvalue weighted by Gasteiger charge is -2.36. The molecule has 126 valence electrons. The Morgan fingerprint density at radius 2 is 1.95 bits per heavy atom. The summed E-state index contributed by atoms with van der Waals surface area (Å²) in [6.45, 7) is 9.50. The van der Waals surface area contributed by atoms with Gasteiger partial charge in [-0.2, -0.15) is 0 Å². The van der Waals surface area contributed by atoms with E-state index in [2.05, 4.69) is 10.2 Å². The van der Waals surface area contributed by atoms with Gasteiger partial charge in [0.2, 0.25) is 5.91 Å². The zero-order chi connectivity index (χ0) is 13.7. The van der Waals surface area contributed by atoms with E-state index < -0.39 is 0 Å². The van der Waals surface area contributed by atoms with Crippen LogP contribution in [-0.2, 0) is 9.53 Å². The molecule has 0 radical (unpaired) electrons. The number of rotatable bonds is 5. The van der Waals surface area contributed by atoms with Crippen LogP contribution in [0.3, 0.4) is 0 Å². The number of hydrogen-bond donors (Lipinski definition) is 1. The first-order valence-corrected chi connectivity index (χ1v) is 7.44. The molecule has 2 unspecified atom stereocenters. The summed E-state index contributed by atoms with van der Waals surface area (Å²) < 4.78 is 5.42. The number of carbonyl (C=O) groups is 1. The molecule has 2 heterocycles. The zero-order valence-electron chi connectivity index (χ0n) is 13.0. The van der Waals surface area contributed by atoms with Crippen molar-refractivity contribution in [2.24, 2.45) is 11.8 Å². The average molecular weight is 342 g/mol. The predicted molar refractivity (Wildman–Crippen MR) is 89.5 cm³/mol. The van der Waals surface area contributed by atoms with E-state index in [1.807, 2.05) is 18.9 Å². The highest BCUT2D eigenvalue weighted by Gasteiger charge is 2.26. The van der Waals surface area contributed by atoms with Gasteiger partial charge in [0.15, 0.2) is 0 Å². The number of nitrogens with zero attached hydrogens (tertiary/aromatic N) is 2. The van der Waals surface area contributed by atoms with E-state index in [-0.39, 0.29) is 36.6 Å². The van der Waals surface area contributed by atoms with Crippen LogP contribution in [0.2, 0.25) is 0 Å². The topological polar surface area (TPSA) is 44.8 Å². The molecule has 0 saturated carbocycles. The van der Waals surface area contributed by atoms with Crippen molar-refractivity contribution in [3.05, 3.63) is 0 Å². The van der Waals surface area contributed by atoms with Gasteiger partial charge < -0.3 is 15.0 Å². The summed E-state index contributed by atoms with van der Waals surface area (Å²) in [4.78, 5) is 16.7. The Bertz CT molecular complexity index is 294. The van der Waals surface area contributed by atoms with Crippen LogP contribution < -0.4 is 5.32 Å². The van der Waals surface area contributed by atoms with Crippen LogP contribution in [0.15, 0.2) is 0 Å². The molecule has 5 nitrogen and oxygen atoms in total. The van der Waals surface area contributed by atoms with Gasteiger partial charge in [-0.3, -0.25) is 9.69 Å². The van der Waals surface area contributed by atoms with Crippen molar-refractivity contribution in [2.75, 3.05) is 59.5 Å². The fourth-order valence-electron chi connectivity index (χ4n) is 2.95. The number of piperazine rings is 1. The molecule has 2 atom stereocenters. The Balaban J connectivity index is 0.00000200.